The number of nitrogens with zero attached hydrogens (tertiary/aromatic N) is 4. The van der Waals surface area contributed by atoms with E-state index in [1.165, 1.54) is 23.3 Å². The number of pyridine rings is 3. The summed E-state index contributed by atoms with van der Waals surface area (Å²) in [7, 11) is 0. The van der Waals surface area contributed by atoms with Gasteiger partial charge in [-0.15, -0.1) is 0 Å². The van der Waals surface area contributed by atoms with Crippen LogP contribution in [0.15, 0.2) is 79.3 Å². The van der Waals surface area contributed by atoms with Gasteiger partial charge in [0.2, 0.25) is 0 Å². The van der Waals surface area contributed by atoms with Crippen LogP contribution in [0.5, 0.6) is 0 Å². The van der Waals surface area contributed by atoms with E-state index in [2.05, 4.69) is 58.0 Å². The molecule has 0 radical (unpaired) electrons. The summed E-state index contributed by atoms with van der Waals surface area (Å²) in [6.45, 7) is 6.56. The summed E-state index contributed by atoms with van der Waals surface area (Å²) in [6.07, 6.45) is 6.50. The van der Waals surface area contributed by atoms with E-state index < -0.39 is 0 Å². The number of hydrogen-bond acceptors (Lipinski definition) is 4. The molecule has 4 heterocycles. The van der Waals surface area contributed by atoms with Crippen molar-refractivity contribution in [1.82, 2.24) is 19.9 Å². The SMILES string of the molecule is CC(C)N1CCc2ccc(-c3cncc(-c4cc(-c5cc(Cl)ccc5F)nc5ncccc45)c3)cc2C1. The van der Waals surface area contributed by atoms with Crippen LogP contribution in [-0.2, 0) is 13.0 Å². The molecule has 0 saturated heterocycles. The Morgan fingerprint density at radius 2 is 1.76 bits per heavy atom. The fourth-order valence-corrected chi connectivity index (χ4v) is 5.24. The van der Waals surface area contributed by atoms with Crippen LogP contribution in [0.3, 0.4) is 0 Å². The molecular formula is C31H26ClFN4. The van der Waals surface area contributed by atoms with Crippen molar-refractivity contribution in [3.8, 4) is 33.5 Å². The summed E-state index contributed by atoms with van der Waals surface area (Å²) in [4.78, 5) is 16.2. The van der Waals surface area contributed by atoms with Crippen LogP contribution in [-0.4, -0.2) is 32.4 Å². The van der Waals surface area contributed by atoms with E-state index in [0.29, 0.717) is 28.0 Å². The molecule has 184 valence electrons. The van der Waals surface area contributed by atoms with Crippen molar-refractivity contribution in [3.05, 3.63) is 101 Å². The first-order chi connectivity index (χ1) is 18.0. The molecule has 4 nitrogen and oxygen atoms in total. The number of aromatic nitrogens is 3. The molecule has 0 amide bonds. The highest BCUT2D eigenvalue weighted by atomic mass is 35.5. The van der Waals surface area contributed by atoms with E-state index >= 15 is 0 Å². The molecule has 6 heteroatoms. The fourth-order valence-electron chi connectivity index (χ4n) is 5.07. The lowest BCUT2D eigenvalue weighted by molar-refractivity contribution is 0.203. The maximum absolute atomic E-state index is 14.8. The van der Waals surface area contributed by atoms with Gasteiger partial charge in [0.25, 0.3) is 0 Å². The molecular weight excluding hydrogens is 483 g/mol. The minimum atomic E-state index is -0.380. The maximum atomic E-state index is 14.8. The minimum absolute atomic E-state index is 0.342. The van der Waals surface area contributed by atoms with Gasteiger partial charge in [-0.05, 0) is 91.1 Å². The Morgan fingerprint density at radius 1 is 0.892 bits per heavy atom. The van der Waals surface area contributed by atoms with Crippen molar-refractivity contribution in [1.29, 1.82) is 0 Å². The zero-order valence-corrected chi connectivity index (χ0v) is 21.5. The standard InChI is InChI=1S/C31H26ClFN4/c1-19(2)37-11-9-20-5-6-21(12-24(20)18-37)22-13-23(17-34-16-22)27-15-30(28-14-25(32)7-8-29(28)33)36-31-26(27)4-3-10-35-31/h3-8,10,12-17,19H,9,11,18H2,1-2H3. The fraction of sp³-hybridized carbons (Fsp3) is 0.194. The van der Waals surface area contributed by atoms with Crippen LogP contribution in [0.4, 0.5) is 4.39 Å². The number of benzene rings is 2. The van der Waals surface area contributed by atoms with E-state index in [1.807, 2.05) is 30.6 Å². The van der Waals surface area contributed by atoms with Gasteiger partial charge in [0.1, 0.15) is 5.82 Å². The van der Waals surface area contributed by atoms with E-state index in [0.717, 1.165) is 47.2 Å². The van der Waals surface area contributed by atoms with Gasteiger partial charge in [0.15, 0.2) is 5.65 Å². The predicted octanol–water partition coefficient (Wildman–Crippen LogP) is 7.58. The van der Waals surface area contributed by atoms with Crippen LogP contribution in [0.1, 0.15) is 25.0 Å². The zero-order chi connectivity index (χ0) is 25.5. The molecule has 0 atom stereocenters. The van der Waals surface area contributed by atoms with Crippen LogP contribution >= 0.6 is 11.6 Å². The van der Waals surface area contributed by atoms with Crippen LogP contribution in [0, 0.1) is 5.82 Å². The zero-order valence-electron chi connectivity index (χ0n) is 20.7. The van der Waals surface area contributed by atoms with Gasteiger partial charge in [-0.3, -0.25) is 9.88 Å². The summed E-state index contributed by atoms with van der Waals surface area (Å²) in [6, 6.07) is 19.6. The minimum Gasteiger partial charge on any atom is -0.296 e. The van der Waals surface area contributed by atoms with Gasteiger partial charge >= 0.3 is 0 Å². The number of hydrogen-bond donors (Lipinski definition) is 0. The molecule has 0 spiro atoms. The second-order valence-electron chi connectivity index (χ2n) is 9.81. The van der Waals surface area contributed by atoms with Gasteiger partial charge in [-0.2, -0.15) is 0 Å². The molecule has 0 N–H and O–H groups in total. The Hall–Kier alpha value is -3.67. The molecule has 6 rings (SSSR count). The third kappa shape index (κ3) is 4.61. The van der Waals surface area contributed by atoms with Crippen molar-refractivity contribution in [3.63, 3.8) is 0 Å². The molecule has 2 aromatic carbocycles. The second-order valence-corrected chi connectivity index (χ2v) is 10.3. The molecule has 1 aliphatic rings. The quantitative estimate of drug-likeness (QED) is 0.251. The molecule has 5 aromatic rings. The number of fused-ring (bicyclic) bond motifs is 2. The normalized spacial score (nSPS) is 13.8. The van der Waals surface area contributed by atoms with Crippen LogP contribution < -0.4 is 0 Å². The Labute approximate surface area is 220 Å². The van der Waals surface area contributed by atoms with Gasteiger partial charge in [-0.25, -0.2) is 14.4 Å². The van der Waals surface area contributed by atoms with Crippen molar-refractivity contribution in [2.24, 2.45) is 0 Å². The van der Waals surface area contributed by atoms with E-state index in [9.17, 15) is 4.39 Å². The Morgan fingerprint density at radius 3 is 2.62 bits per heavy atom. The Bertz CT molecular complexity index is 1630. The highest BCUT2D eigenvalue weighted by molar-refractivity contribution is 6.30. The summed E-state index contributed by atoms with van der Waals surface area (Å²) < 4.78 is 14.8. The first kappa shape index (κ1) is 23.7. The summed E-state index contributed by atoms with van der Waals surface area (Å²) >= 11 is 6.18. The lowest BCUT2D eigenvalue weighted by Crippen LogP contribution is -2.35. The van der Waals surface area contributed by atoms with Crippen LogP contribution in [0.2, 0.25) is 5.02 Å². The van der Waals surface area contributed by atoms with Gasteiger partial charge < -0.3 is 0 Å². The first-order valence-corrected chi connectivity index (χ1v) is 12.9. The molecule has 0 saturated carbocycles. The molecule has 0 aliphatic carbocycles. The highest BCUT2D eigenvalue weighted by Gasteiger charge is 2.19. The Balaban J connectivity index is 1.46. The van der Waals surface area contributed by atoms with Gasteiger partial charge in [0, 0.05) is 64.8 Å². The maximum Gasteiger partial charge on any atom is 0.160 e. The van der Waals surface area contributed by atoms with Crippen molar-refractivity contribution in [2.45, 2.75) is 32.9 Å². The average molecular weight is 509 g/mol. The largest absolute Gasteiger partial charge is 0.296 e. The van der Waals surface area contributed by atoms with Crippen molar-refractivity contribution >= 4 is 22.6 Å². The average Bonchev–Trinajstić information content (AvgIpc) is 2.93. The van der Waals surface area contributed by atoms with Crippen molar-refractivity contribution < 1.29 is 4.39 Å². The summed E-state index contributed by atoms with van der Waals surface area (Å²) in [5.74, 6) is -0.380. The third-order valence-electron chi connectivity index (χ3n) is 7.15. The van der Waals surface area contributed by atoms with Crippen molar-refractivity contribution in [2.75, 3.05) is 6.54 Å². The number of halogens is 2. The van der Waals surface area contributed by atoms with Gasteiger partial charge in [0.05, 0.1) is 5.69 Å². The van der Waals surface area contributed by atoms with Crippen LogP contribution in [0.25, 0.3) is 44.5 Å². The van der Waals surface area contributed by atoms with E-state index in [1.54, 1.807) is 12.3 Å². The lowest BCUT2D eigenvalue weighted by atomic mass is 9.93. The molecule has 1 aliphatic heterocycles. The predicted molar refractivity (Wildman–Crippen MR) is 148 cm³/mol. The molecule has 0 bridgehead atoms. The second kappa shape index (κ2) is 9.66. The number of rotatable bonds is 4. The highest BCUT2D eigenvalue weighted by Crippen LogP contribution is 2.35. The summed E-state index contributed by atoms with van der Waals surface area (Å²) in [5, 5.41) is 1.33. The summed E-state index contributed by atoms with van der Waals surface area (Å²) in [5.41, 5.74) is 8.15. The Kier molecular flexibility index (Phi) is 6.19. The topological polar surface area (TPSA) is 41.9 Å². The molecule has 37 heavy (non-hydrogen) atoms. The third-order valence-corrected chi connectivity index (χ3v) is 7.38. The monoisotopic (exact) mass is 508 g/mol. The molecule has 0 unspecified atom stereocenters. The lowest BCUT2D eigenvalue weighted by Gasteiger charge is -2.32. The smallest absolute Gasteiger partial charge is 0.160 e. The van der Waals surface area contributed by atoms with Gasteiger partial charge in [-0.1, -0.05) is 23.7 Å². The van der Waals surface area contributed by atoms with E-state index in [4.69, 9.17) is 11.6 Å². The van der Waals surface area contributed by atoms with E-state index in [-0.39, 0.29) is 5.82 Å². The first-order valence-electron chi connectivity index (χ1n) is 12.5. The molecule has 3 aromatic heterocycles. The molecule has 0 fully saturated rings.